The second-order valence-corrected chi connectivity index (χ2v) is 16.1. The standard InChI is InChI=1S/C23H25Si.C21H21.Mg/c1-24(2)23-21(18-12-7-4-8-13-18)16-19-14-9-15-20(22(19)23)17-10-5-3-6-11-17;1-3-8-16(9-4-1)19-14-18-12-7-13-20(21(18)15-19)17-10-5-2-6-11-17;/h3,5-6,9-11,14-15,18H,4,7-8,12-13H2,1-2H3;2,5-7,10-16H,1,3-4,8-9H2;/q2*-1;+2. The Morgan fingerprint density at radius 3 is 1.80 bits per heavy atom. The van der Waals surface area contributed by atoms with Crippen molar-refractivity contribution in [3.05, 3.63) is 138 Å². The summed E-state index contributed by atoms with van der Waals surface area (Å²) < 4.78 is 0. The van der Waals surface area contributed by atoms with E-state index in [2.05, 4.69) is 128 Å². The molecule has 46 heavy (non-hydrogen) atoms. The van der Waals surface area contributed by atoms with Crippen LogP contribution in [0.4, 0.5) is 0 Å². The third kappa shape index (κ3) is 7.00. The quantitative estimate of drug-likeness (QED) is 0.137. The van der Waals surface area contributed by atoms with E-state index in [0.29, 0.717) is 0 Å². The van der Waals surface area contributed by atoms with E-state index in [0.717, 1.165) is 11.8 Å². The van der Waals surface area contributed by atoms with Gasteiger partial charge in [-0.1, -0.05) is 136 Å². The predicted molar refractivity (Wildman–Crippen MR) is 202 cm³/mol. The molecule has 0 saturated heterocycles. The summed E-state index contributed by atoms with van der Waals surface area (Å²) in [4.78, 5) is 0. The summed E-state index contributed by atoms with van der Waals surface area (Å²) in [5.74, 6) is 1.53. The maximum Gasteiger partial charge on any atom is 2.00 e. The van der Waals surface area contributed by atoms with Crippen LogP contribution in [-0.4, -0.2) is 36.6 Å². The molecule has 8 rings (SSSR count). The number of benzene rings is 4. The van der Waals surface area contributed by atoms with Crippen molar-refractivity contribution in [2.45, 2.75) is 83.2 Å². The smallest absolute Gasteiger partial charge is 0.164 e. The molecule has 0 bridgehead atoms. The third-order valence-electron chi connectivity index (χ3n) is 10.4. The van der Waals surface area contributed by atoms with E-state index >= 15 is 0 Å². The number of rotatable bonds is 4. The Hall–Kier alpha value is -2.92. The molecule has 0 heterocycles. The van der Waals surface area contributed by atoms with E-state index in [4.69, 9.17) is 0 Å². The van der Waals surface area contributed by atoms with E-state index in [1.54, 1.807) is 16.3 Å². The summed E-state index contributed by atoms with van der Waals surface area (Å²) in [5, 5.41) is 4.47. The van der Waals surface area contributed by atoms with Gasteiger partial charge in [-0.3, -0.25) is 0 Å². The Bertz CT molecular complexity index is 1810. The largest absolute Gasteiger partial charge is 2.00 e. The fraction of sp³-hybridized carbons (Fsp3) is 0.318. The summed E-state index contributed by atoms with van der Waals surface area (Å²) in [5.41, 5.74) is 11.4. The molecule has 0 unspecified atom stereocenters. The molecule has 0 amide bonds. The van der Waals surface area contributed by atoms with Crippen molar-refractivity contribution in [1.82, 2.24) is 0 Å². The molecule has 5 aromatic carbocycles. The summed E-state index contributed by atoms with van der Waals surface area (Å²) in [6.45, 7) is 4.89. The van der Waals surface area contributed by atoms with Crippen molar-refractivity contribution in [2.24, 2.45) is 5.92 Å². The van der Waals surface area contributed by atoms with E-state index in [9.17, 15) is 0 Å². The van der Waals surface area contributed by atoms with Crippen LogP contribution in [0.5, 0.6) is 0 Å². The van der Waals surface area contributed by atoms with Crippen LogP contribution in [0.15, 0.2) is 115 Å². The zero-order chi connectivity index (χ0) is 30.6. The Kier molecular flexibility index (Phi) is 11.0. The van der Waals surface area contributed by atoms with Gasteiger partial charge < -0.3 is 0 Å². The van der Waals surface area contributed by atoms with E-state index in [1.807, 2.05) is 0 Å². The van der Waals surface area contributed by atoms with Crippen LogP contribution in [-0.2, 0) is 0 Å². The van der Waals surface area contributed by atoms with Gasteiger partial charge in [0.05, 0.1) is 0 Å². The second-order valence-electron chi connectivity index (χ2n) is 13.6. The first kappa shape index (κ1) is 33.0. The van der Waals surface area contributed by atoms with Crippen LogP contribution >= 0.6 is 0 Å². The first-order chi connectivity index (χ1) is 22.2. The van der Waals surface area contributed by atoms with Crippen LogP contribution in [0.1, 0.15) is 86.8 Å². The molecule has 0 nitrogen and oxygen atoms in total. The van der Waals surface area contributed by atoms with Gasteiger partial charge in [0, 0.05) is 0 Å². The van der Waals surface area contributed by atoms with Crippen molar-refractivity contribution in [2.75, 3.05) is 0 Å². The van der Waals surface area contributed by atoms with Crippen molar-refractivity contribution in [3.63, 3.8) is 0 Å². The second kappa shape index (κ2) is 15.3. The van der Waals surface area contributed by atoms with Crippen molar-refractivity contribution in [3.8, 4) is 22.3 Å². The minimum atomic E-state index is -0.533. The molecule has 0 radical (unpaired) electrons. The maximum absolute atomic E-state index is 3.85. The van der Waals surface area contributed by atoms with Crippen molar-refractivity contribution >= 4 is 47.4 Å². The minimum absolute atomic E-state index is 0. The summed E-state index contributed by atoms with van der Waals surface area (Å²) in [6.07, 6.45) is 17.7. The van der Waals surface area contributed by atoms with Crippen molar-refractivity contribution in [1.29, 1.82) is 0 Å². The van der Waals surface area contributed by atoms with E-state index < -0.39 is 8.41 Å². The van der Waals surface area contributed by atoms with Crippen LogP contribution < -0.4 is 0 Å². The number of hydrogen-bond donors (Lipinski definition) is 0. The Balaban J connectivity index is 0.000000159. The third-order valence-corrected chi connectivity index (χ3v) is 11.9. The summed E-state index contributed by atoms with van der Waals surface area (Å²) in [7, 11) is -0.533. The first-order valence-electron chi connectivity index (χ1n) is 17.4. The molecule has 2 fully saturated rings. The zero-order valence-electron chi connectivity index (χ0n) is 27.8. The van der Waals surface area contributed by atoms with Crippen LogP contribution in [0.25, 0.3) is 33.0 Å². The van der Waals surface area contributed by atoms with Gasteiger partial charge in [0.25, 0.3) is 0 Å². The Morgan fingerprint density at radius 2 is 1.17 bits per heavy atom. The first-order valence-corrected chi connectivity index (χ1v) is 19.9. The fourth-order valence-electron chi connectivity index (χ4n) is 8.14. The van der Waals surface area contributed by atoms with Gasteiger partial charge in [-0.25, -0.2) is 0 Å². The topological polar surface area (TPSA) is 0 Å². The molecule has 0 N–H and O–H groups in total. The van der Waals surface area contributed by atoms with Gasteiger partial charge in [0.15, 0.2) is 0 Å². The average Bonchev–Trinajstić information content (AvgIpc) is 3.73. The predicted octanol–water partition coefficient (Wildman–Crippen LogP) is 11.8. The van der Waals surface area contributed by atoms with Gasteiger partial charge in [0.1, 0.15) is 0 Å². The maximum atomic E-state index is 3.85. The summed E-state index contributed by atoms with van der Waals surface area (Å²) >= 11 is 0. The minimum Gasteiger partial charge on any atom is -0.164 e. The van der Waals surface area contributed by atoms with Gasteiger partial charge in [-0.05, 0) is 57.1 Å². The summed E-state index contributed by atoms with van der Waals surface area (Å²) in [6, 6.07) is 40.0. The molecule has 5 aromatic rings. The molecule has 228 valence electrons. The van der Waals surface area contributed by atoms with E-state index in [1.165, 1.54) is 108 Å². The molecule has 0 aromatic heterocycles. The molecule has 2 saturated carbocycles. The fourth-order valence-corrected chi connectivity index (χ4v) is 9.72. The molecule has 2 heteroatoms. The molecule has 0 aliphatic heterocycles. The normalized spacial score (nSPS) is 16.7. The monoisotopic (exact) mass is 626 g/mol. The number of allylic oxidation sites excluding steroid dienone is 1. The number of fused-ring (bicyclic) bond motifs is 2. The van der Waals surface area contributed by atoms with E-state index in [-0.39, 0.29) is 23.1 Å². The molecular formula is C44H46MgSi. The van der Waals surface area contributed by atoms with Gasteiger partial charge in [0.2, 0.25) is 0 Å². The SMILES string of the molecule is C[Si](C)=C1C(C2CCCCC2)=[C-]c2cccc(-c3ccccc3)c21.[Mg+2].c1ccc(-c2cccc3[cH-]c(C4CCCCC4)cc23)cc1. The molecular weight excluding hydrogens is 581 g/mol. The Morgan fingerprint density at radius 1 is 0.609 bits per heavy atom. The molecule has 3 aliphatic rings. The Labute approximate surface area is 294 Å². The average molecular weight is 627 g/mol. The zero-order valence-corrected chi connectivity index (χ0v) is 30.2. The molecule has 0 spiro atoms. The number of hydrogen-bond acceptors (Lipinski definition) is 0. The van der Waals surface area contributed by atoms with Crippen LogP contribution in [0.2, 0.25) is 13.1 Å². The van der Waals surface area contributed by atoms with Crippen molar-refractivity contribution < 1.29 is 0 Å². The molecule has 0 atom stereocenters. The van der Waals surface area contributed by atoms with Gasteiger partial charge in [-0.2, -0.15) is 11.6 Å². The van der Waals surface area contributed by atoms with Gasteiger partial charge in [-0.15, -0.1) is 69.0 Å². The van der Waals surface area contributed by atoms with Gasteiger partial charge >= 0.3 is 23.1 Å². The van der Waals surface area contributed by atoms with Crippen LogP contribution in [0.3, 0.4) is 0 Å². The molecule has 3 aliphatic carbocycles. The van der Waals surface area contributed by atoms with Crippen LogP contribution in [0, 0.1) is 12.0 Å².